The Morgan fingerprint density at radius 3 is 2.03 bits per heavy atom. The van der Waals surface area contributed by atoms with Crippen molar-refractivity contribution in [2.24, 2.45) is 0 Å². The molecule has 5 heteroatoms. The highest BCUT2D eigenvalue weighted by molar-refractivity contribution is 5.74. The highest BCUT2D eigenvalue weighted by atomic mass is 15.5. The van der Waals surface area contributed by atoms with Crippen LogP contribution >= 0.6 is 0 Å². The van der Waals surface area contributed by atoms with Crippen LogP contribution in [0.5, 0.6) is 0 Å². The van der Waals surface area contributed by atoms with Gasteiger partial charge in [-0.15, -0.1) is 5.10 Å². The van der Waals surface area contributed by atoms with Crippen molar-refractivity contribution >= 4 is 16.9 Å². The van der Waals surface area contributed by atoms with Gasteiger partial charge in [-0.05, 0) is 49.1 Å². The predicted molar refractivity (Wildman–Crippen MR) is 144 cm³/mol. The van der Waals surface area contributed by atoms with E-state index in [1.54, 1.807) is 0 Å². The Bertz CT molecular complexity index is 977. The summed E-state index contributed by atoms with van der Waals surface area (Å²) in [7, 11) is 0. The molecule has 5 nitrogen and oxygen atoms in total. The van der Waals surface area contributed by atoms with Crippen LogP contribution in [-0.4, -0.2) is 20.0 Å². The van der Waals surface area contributed by atoms with Gasteiger partial charge in [0, 0.05) is 6.20 Å². The summed E-state index contributed by atoms with van der Waals surface area (Å²) in [6, 6.07) is 10.6. The molecule has 0 aliphatic carbocycles. The fourth-order valence-electron chi connectivity index (χ4n) is 5.17. The first kappa shape index (κ1) is 26.2. The Balaban J connectivity index is 1.94. The average Bonchev–Trinajstić information content (AvgIpc) is 3.29. The van der Waals surface area contributed by atoms with Crippen LogP contribution in [0.4, 0.5) is 5.82 Å². The summed E-state index contributed by atoms with van der Waals surface area (Å²) in [5.41, 5.74) is 10.2. The second kappa shape index (κ2) is 13.5. The third-order valence-corrected chi connectivity index (χ3v) is 7.30. The van der Waals surface area contributed by atoms with Crippen LogP contribution in [0.2, 0.25) is 0 Å². The van der Waals surface area contributed by atoms with Crippen molar-refractivity contribution in [3.05, 3.63) is 47.7 Å². The average molecular weight is 464 g/mol. The number of fused-ring (bicyclic) bond motifs is 1. The number of nitrogen functional groups attached to an aromatic ring is 1. The molecule has 0 radical (unpaired) electrons. The quantitative estimate of drug-likeness (QED) is 0.219. The van der Waals surface area contributed by atoms with Crippen LogP contribution < -0.4 is 5.73 Å². The number of pyridine rings is 1. The van der Waals surface area contributed by atoms with Crippen molar-refractivity contribution in [3.63, 3.8) is 0 Å². The Labute approximate surface area is 206 Å². The standard InChI is InChI=1S/C29H45N5/c1-4-6-8-10-12-16-20-29(21-17-13-11-9-7-5-2,25-22-24(3)28(30)31-23-25)34-27-19-15-14-18-26(27)32-33-34/h14-15,18-19,22-23H,4-13,16-17,20-21H2,1-3H3,(H2,30,31). The Morgan fingerprint density at radius 2 is 1.41 bits per heavy atom. The van der Waals surface area contributed by atoms with E-state index in [0.717, 1.165) is 29.4 Å². The summed E-state index contributed by atoms with van der Waals surface area (Å²) < 4.78 is 2.22. The van der Waals surface area contributed by atoms with Crippen LogP contribution in [0.15, 0.2) is 36.5 Å². The summed E-state index contributed by atoms with van der Waals surface area (Å²) >= 11 is 0. The number of para-hydroxylation sites is 1. The zero-order valence-electron chi connectivity index (χ0n) is 21.7. The fourth-order valence-corrected chi connectivity index (χ4v) is 5.17. The van der Waals surface area contributed by atoms with Crippen molar-refractivity contribution in [1.82, 2.24) is 20.0 Å². The molecule has 0 spiro atoms. The number of anilines is 1. The lowest BCUT2D eigenvalue weighted by molar-refractivity contribution is 0.257. The number of aryl methyl sites for hydroxylation is 1. The Hall–Kier alpha value is -2.43. The van der Waals surface area contributed by atoms with E-state index in [4.69, 9.17) is 10.9 Å². The molecule has 2 aromatic heterocycles. The minimum absolute atomic E-state index is 0.253. The highest BCUT2D eigenvalue weighted by Crippen LogP contribution is 2.39. The van der Waals surface area contributed by atoms with E-state index < -0.39 is 0 Å². The monoisotopic (exact) mass is 463 g/mol. The third kappa shape index (κ3) is 6.58. The molecule has 0 saturated heterocycles. The van der Waals surface area contributed by atoms with E-state index in [9.17, 15) is 0 Å². The van der Waals surface area contributed by atoms with E-state index >= 15 is 0 Å². The van der Waals surface area contributed by atoms with Crippen LogP contribution in [0.25, 0.3) is 11.0 Å². The van der Waals surface area contributed by atoms with Gasteiger partial charge in [-0.2, -0.15) is 0 Å². The zero-order valence-corrected chi connectivity index (χ0v) is 21.7. The lowest BCUT2D eigenvalue weighted by Crippen LogP contribution is -2.36. The molecule has 0 unspecified atom stereocenters. The lowest BCUT2D eigenvalue weighted by Gasteiger charge is -2.35. The van der Waals surface area contributed by atoms with Crippen LogP contribution in [0, 0.1) is 6.92 Å². The second-order valence-electron chi connectivity index (χ2n) is 9.98. The molecule has 186 valence electrons. The van der Waals surface area contributed by atoms with Gasteiger partial charge in [-0.3, -0.25) is 0 Å². The molecule has 0 aliphatic heterocycles. The van der Waals surface area contributed by atoms with E-state index in [1.807, 2.05) is 12.3 Å². The van der Waals surface area contributed by atoms with Gasteiger partial charge in [0.25, 0.3) is 0 Å². The summed E-state index contributed by atoms with van der Waals surface area (Å²) in [6.07, 6.45) is 19.4. The van der Waals surface area contributed by atoms with Crippen LogP contribution in [0.3, 0.4) is 0 Å². The van der Waals surface area contributed by atoms with Crippen molar-refractivity contribution in [3.8, 4) is 0 Å². The minimum Gasteiger partial charge on any atom is -0.383 e. The molecule has 0 fully saturated rings. The molecule has 3 aromatic rings. The fraction of sp³-hybridized carbons (Fsp3) is 0.621. The topological polar surface area (TPSA) is 69.6 Å². The Morgan fingerprint density at radius 1 is 0.824 bits per heavy atom. The molecule has 0 aliphatic rings. The number of nitrogens with zero attached hydrogens (tertiary/aromatic N) is 4. The molecule has 2 N–H and O–H groups in total. The van der Waals surface area contributed by atoms with E-state index in [-0.39, 0.29) is 5.54 Å². The molecule has 34 heavy (non-hydrogen) atoms. The van der Waals surface area contributed by atoms with E-state index in [1.165, 1.54) is 82.6 Å². The number of aromatic nitrogens is 4. The van der Waals surface area contributed by atoms with Gasteiger partial charge < -0.3 is 5.73 Å². The van der Waals surface area contributed by atoms with Crippen molar-refractivity contribution in [2.45, 2.75) is 116 Å². The van der Waals surface area contributed by atoms with Gasteiger partial charge >= 0.3 is 0 Å². The van der Waals surface area contributed by atoms with Crippen molar-refractivity contribution in [2.75, 3.05) is 5.73 Å². The number of nitrogens with two attached hydrogens (primary N) is 1. The van der Waals surface area contributed by atoms with Gasteiger partial charge in [0.1, 0.15) is 11.3 Å². The first-order chi connectivity index (χ1) is 16.6. The molecular weight excluding hydrogens is 418 g/mol. The molecule has 0 bridgehead atoms. The smallest absolute Gasteiger partial charge is 0.126 e. The summed E-state index contributed by atoms with van der Waals surface area (Å²) in [5, 5.41) is 9.32. The maximum Gasteiger partial charge on any atom is 0.126 e. The van der Waals surface area contributed by atoms with Crippen LogP contribution in [-0.2, 0) is 5.54 Å². The zero-order chi connectivity index (χ0) is 24.2. The van der Waals surface area contributed by atoms with Crippen LogP contribution in [0.1, 0.15) is 115 Å². The molecule has 0 amide bonds. The van der Waals surface area contributed by atoms with Crippen molar-refractivity contribution < 1.29 is 0 Å². The summed E-state index contributed by atoms with van der Waals surface area (Å²) in [5.74, 6) is 0.611. The van der Waals surface area contributed by atoms with Gasteiger partial charge in [0.2, 0.25) is 0 Å². The SMILES string of the molecule is CCCCCCCCC(CCCCCCCC)(c1cnc(N)c(C)c1)n1nnc2ccccc21. The number of benzene rings is 1. The van der Waals surface area contributed by atoms with Gasteiger partial charge in [0.05, 0.1) is 11.1 Å². The normalized spacial score (nSPS) is 12.0. The minimum atomic E-state index is -0.253. The van der Waals surface area contributed by atoms with E-state index in [0.29, 0.717) is 5.82 Å². The maximum atomic E-state index is 6.13. The molecule has 2 heterocycles. The second-order valence-corrected chi connectivity index (χ2v) is 9.98. The number of rotatable bonds is 16. The third-order valence-electron chi connectivity index (χ3n) is 7.30. The summed E-state index contributed by atoms with van der Waals surface area (Å²) in [4.78, 5) is 4.59. The predicted octanol–water partition coefficient (Wildman–Crippen LogP) is 7.96. The number of hydrogen-bond acceptors (Lipinski definition) is 4. The number of hydrogen-bond donors (Lipinski definition) is 1. The molecule has 3 rings (SSSR count). The lowest BCUT2D eigenvalue weighted by atomic mass is 9.80. The van der Waals surface area contributed by atoms with Crippen molar-refractivity contribution in [1.29, 1.82) is 0 Å². The first-order valence-corrected chi connectivity index (χ1v) is 13.7. The van der Waals surface area contributed by atoms with E-state index in [2.05, 4.69) is 59.8 Å². The number of unbranched alkanes of at least 4 members (excludes halogenated alkanes) is 10. The van der Waals surface area contributed by atoms with Gasteiger partial charge in [-0.25, -0.2) is 9.67 Å². The maximum absolute atomic E-state index is 6.13. The Kier molecular flexibility index (Phi) is 10.4. The molecule has 0 saturated carbocycles. The first-order valence-electron chi connectivity index (χ1n) is 13.7. The molecule has 0 atom stereocenters. The highest BCUT2D eigenvalue weighted by Gasteiger charge is 2.36. The molecule has 1 aromatic carbocycles. The molecular formula is C29H45N5. The summed E-state index contributed by atoms with van der Waals surface area (Å²) in [6.45, 7) is 6.61. The largest absolute Gasteiger partial charge is 0.383 e. The van der Waals surface area contributed by atoms with Gasteiger partial charge in [0.15, 0.2) is 0 Å². The van der Waals surface area contributed by atoms with Gasteiger partial charge in [-0.1, -0.05) is 108 Å².